The zero-order valence-electron chi connectivity index (χ0n) is 18.9. The molecule has 2 atom stereocenters. The molecule has 2 heterocycles. The second kappa shape index (κ2) is 8.99. The average molecular weight is 568 g/mol. The third kappa shape index (κ3) is 4.93. The number of halogens is 4. The van der Waals surface area contributed by atoms with Crippen LogP contribution in [0.5, 0.6) is 11.5 Å². The number of amides is 1. The third-order valence-corrected chi connectivity index (χ3v) is 9.33. The van der Waals surface area contributed by atoms with Crippen molar-refractivity contribution in [3.05, 3.63) is 47.0 Å². The van der Waals surface area contributed by atoms with Crippen molar-refractivity contribution >= 4 is 48.9 Å². The summed E-state index contributed by atoms with van der Waals surface area (Å²) >= 11 is 6.37. The summed E-state index contributed by atoms with van der Waals surface area (Å²) in [6.07, 6.45) is -2.98. The summed E-state index contributed by atoms with van der Waals surface area (Å²) in [6, 6.07) is 7.28. The highest BCUT2D eigenvalue weighted by atomic mass is 35.5. The Morgan fingerprint density at radius 2 is 1.75 bits per heavy atom. The lowest BCUT2D eigenvalue weighted by atomic mass is 9.89. The number of para-hydroxylation sites is 1. The number of ether oxygens (including phenoxy) is 1. The fourth-order valence-electron chi connectivity index (χ4n) is 4.57. The summed E-state index contributed by atoms with van der Waals surface area (Å²) in [6.45, 7) is 0.352. The van der Waals surface area contributed by atoms with Crippen molar-refractivity contribution in [1.29, 1.82) is 0 Å². The minimum atomic E-state index is -5.07. The summed E-state index contributed by atoms with van der Waals surface area (Å²) < 4.78 is 94.6. The lowest BCUT2D eigenvalue weighted by molar-refractivity contribution is -0.174. The van der Waals surface area contributed by atoms with Crippen molar-refractivity contribution in [2.45, 2.75) is 31.1 Å². The van der Waals surface area contributed by atoms with E-state index in [0.29, 0.717) is 36.7 Å². The maximum absolute atomic E-state index is 13.0. The van der Waals surface area contributed by atoms with E-state index in [9.17, 15) is 34.8 Å². The van der Waals surface area contributed by atoms with Gasteiger partial charge in [0, 0.05) is 18.2 Å². The topological polar surface area (TPSA) is 113 Å². The van der Waals surface area contributed by atoms with Gasteiger partial charge in [0.2, 0.25) is 20.0 Å². The standard InChI is InChI=1S/C21H21ClF3N3O6S2/c1-35(30,31)28(36(2,32)33)15-11-18-16(10-13(15)22)27-9-5-7-14(26-20(29)21(23,24)25)19(27)12-6-3-4-8-17(12)34-18/h3-4,6,8,10-11,14,19H,5,7,9H2,1-2H3,(H,26,29)/t14-,19+/m1/s1. The van der Waals surface area contributed by atoms with Gasteiger partial charge in [0.25, 0.3) is 0 Å². The average Bonchev–Trinajstić information content (AvgIpc) is 2.86. The summed E-state index contributed by atoms with van der Waals surface area (Å²) in [5, 5.41) is 1.84. The van der Waals surface area contributed by atoms with Crippen LogP contribution < -0.4 is 18.7 Å². The largest absolute Gasteiger partial charge is 0.471 e. The van der Waals surface area contributed by atoms with Crippen molar-refractivity contribution in [2.24, 2.45) is 0 Å². The maximum Gasteiger partial charge on any atom is 0.471 e. The van der Waals surface area contributed by atoms with Gasteiger partial charge in [-0.25, -0.2) is 16.8 Å². The van der Waals surface area contributed by atoms with Crippen LogP contribution in [0.2, 0.25) is 5.02 Å². The molecule has 15 heteroatoms. The van der Waals surface area contributed by atoms with E-state index in [1.54, 1.807) is 29.2 Å². The molecule has 4 rings (SSSR count). The molecule has 1 fully saturated rings. The second-order valence-electron chi connectivity index (χ2n) is 8.49. The van der Waals surface area contributed by atoms with Gasteiger partial charge >= 0.3 is 12.1 Å². The number of carbonyl (C=O) groups excluding carboxylic acids is 1. The highest BCUT2D eigenvalue weighted by Gasteiger charge is 2.45. The van der Waals surface area contributed by atoms with E-state index in [-0.39, 0.29) is 32.3 Å². The van der Waals surface area contributed by atoms with Crippen LogP contribution in [0.3, 0.4) is 0 Å². The zero-order valence-corrected chi connectivity index (χ0v) is 21.3. The molecule has 0 bridgehead atoms. The molecule has 0 unspecified atom stereocenters. The van der Waals surface area contributed by atoms with Crippen LogP contribution >= 0.6 is 11.6 Å². The molecule has 9 nitrogen and oxygen atoms in total. The summed E-state index contributed by atoms with van der Waals surface area (Å²) in [5.41, 5.74) is 0.426. The SMILES string of the molecule is CS(=O)(=O)N(c1cc2c(cc1Cl)N1CCC[C@@H](NC(=O)C(F)(F)F)[C@@H]1c1ccccc1O2)S(C)(=O)=O. The normalized spacial score (nSPS) is 19.8. The molecule has 0 spiro atoms. The first kappa shape index (κ1) is 26.4. The van der Waals surface area contributed by atoms with Gasteiger partial charge in [-0.15, -0.1) is 0 Å². The van der Waals surface area contributed by atoms with Gasteiger partial charge < -0.3 is 15.0 Å². The Morgan fingerprint density at radius 1 is 1.11 bits per heavy atom. The fraction of sp³-hybridized carbons (Fsp3) is 0.381. The Bertz CT molecular complexity index is 1400. The van der Waals surface area contributed by atoms with E-state index < -0.39 is 44.2 Å². The molecule has 0 saturated carbocycles. The first-order valence-electron chi connectivity index (χ1n) is 10.5. The number of nitrogens with one attached hydrogen (secondary N) is 1. The predicted octanol–water partition coefficient (Wildman–Crippen LogP) is 3.56. The molecule has 2 aliphatic heterocycles. The highest BCUT2D eigenvalue weighted by molar-refractivity contribution is 8.09. The van der Waals surface area contributed by atoms with E-state index in [1.807, 2.05) is 0 Å². The van der Waals surface area contributed by atoms with E-state index in [0.717, 1.165) is 6.07 Å². The van der Waals surface area contributed by atoms with Crippen LogP contribution in [0.1, 0.15) is 24.4 Å². The number of alkyl halides is 3. The second-order valence-corrected chi connectivity index (χ2v) is 12.8. The van der Waals surface area contributed by atoms with Crippen molar-refractivity contribution in [3.63, 3.8) is 0 Å². The van der Waals surface area contributed by atoms with Gasteiger partial charge in [-0.3, -0.25) is 4.79 Å². The van der Waals surface area contributed by atoms with Crippen molar-refractivity contribution in [2.75, 3.05) is 27.7 Å². The molecule has 2 aromatic carbocycles. The molecular formula is C21H21ClF3N3O6S2. The molecule has 0 aromatic heterocycles. The first-order valence-corrected chi connectivity index (χ1v) is 14.6. The number of nitrogens with zero attached hydrogens (tertiary/aromatic N) is 2. The highest BCUT2D eigenvalue weighted by Crippen LogP contribution is 2.50. The van der Waals surface area contributed by atoms with E-state index in [4.69, 9.17) is 16.3 Å². The number of piperidine rings is 1. The molecule has 1 saturated heterocycles. The Labute approximate surface area is 210 Å². The number of carbonyl (C=O) groups is 1. The van der Waals surface area contributed by atoms with Crippen LogP contribution in [0, 0.1) is 0 Å². The predicted molar refractivity (Wildman–Crippen MR) is 127 cm³/mol. The smallest absolute Gasteiger partial charge is 0.455 e. The van der Waals surface area contributed by atoms with Gasteiger partial charge in [-0.05, 0) is 25.0 Å². The monoisotopic (exact) mass is 567 g/mol. The van der Waals surface area contributed by atoms with Crippen LogP contribution in [0.25, 0.3) is 0 Å². The Morgan fingerprint density at radius 3 is 2.36 bits per heavy atom. The molecule has 1 amide bonds. The molecular weight excluding hydrogens is 547 g/mol. The van der Waals surface area contributed by atoms with E-state index in [2.05, 4.69) is 5.32 Å². The molecule has 2 aromatic rings. The van der Waals surface area contributed by atoms with E-state index in [1.165, 1.54) is 6.07 Å². The van der Waals surface area contributed by atoms with Gasteiger partial charge in [0.1, 0.15) is 5.75 Å². The number of sulfonamides is 2. The fourth-order valence-corrected chi connectivity index (χ4v) is 7.90. The number of hydrogen-bond acceptors (Lipinski definition) is 7. The summed E-state index contributed by atoms with van der Waals surface area (Å²) in [5.74, 6) is -1.77. The zero-order chi connectivity index (χ0) is 26.6. The summed E-state index contributed by atoms with van der Waals surface area (Å²) in [7, 11) is -8.63. The number of fused-ring (bicyclic) bond motifs is 5. The lowest BCUT2D eigenvalue weighted by Gasteiger charge is -2.42. The van der Waals surface area contributed by atoms with Crippen molar-refractivity contribution in [1.82, 2.24) is 5.32 Å². The number of rotatable bonds is 4. The van der Waals surface area contributed by atoms with Gasteiger partial charge in [0.15, 0.2) is 5.75 Å². The Balaban J connectivity index is 1.90. The van der Waals surface area contributed by atoms with Gasteiger partial charge in [-0.2, -0.15) is 16.9 Å². The first-order chi connectivity index (χ1) is 16.6. The molecule has 0 radical (unpaired) electrons. The van der Waals surface area contributed by atoms with Crippen LogP contribution in [0.15, 0.2) is 36.4 Å². The maximum atomic E-state index is 13.0. The molecule has 196 valence electrons. The molecule has 36 heavy (non-hydrogen) atoms. The minimum Gasteiger partial charge on any atom is -0.455 e. The number of anilines is 2. The molecule has 2 aliphatic rings. The van der Waals surface area contributed by atoms with Crippen LogP contribution in [-0.2, 0) is 24.8 Å². The van der Waals surface area contributed by atoms with Gasteiger partial charge in [0.05, 0.1) is 41.0 Å². The summed E-state index contributed by atoms with van der Waals surface area (Å²) in [4.78, 5) is 13.5. The van der Waals surface area contributed by atoms with Crippen molar-refractivity contribution in [3.8, 4) is 11.5 Å². The van der Waals surface area contributed by atoms with E-state index >= 15 is 0 Å². The molecule has 1 N–H and O–H groups in total. The lowest BCUT2D eigenvalue weighted by Crippen LogP contribution is -2.52. The van der Waals surface area contributed by atoms with Crippen LogP contribution in [0.4, 0.5) is 24.5 Å². The Kier molecular flexibility index (Phi) is 6.58. The third-order valence-electron chi connectivity index (χ3n) is 5.80. The minimum absolute atomic E-state index is 0.0458. The van der Waals surface area contributed by atoms with Crippen molar-refractivity contribution < 1.29 is 39.5 Å². The quantitative estimate of drug-likeness (QED) is 0.601. The van der Waals surface area contributed by atoms with Crippen LogP contribution in [-0.4, -0.2) is 54.0 Å². The molecule has 0 aliphatic carbocycles. The number of benzene rings is 2. The van der Waals surface area contributed by atoms with Gasteiger partial charge in [-0.1, -0.05) is 29.8 Å². The number of hydrogen-bond donors (Lipinski definition) is 1. The Hall–Kier alpha value is -2.71.